The Bertz CT molecular complexity index is 122. The number of hydrogen-bond donors (Lipinski definition) is 0. The van der Waals surface area contributed by atoms with Gasteiger partial charge in [0.2, 0.25) is 0 Å². The predicted molar refractivity (Wildman–Crippen MR) is 39.3 cm³/mol. The molecule has 0 aliphatic rings. The highest BCUT2D eigenvalue weighted by atomic mass is 19.3. The number of rotatable bonds is 8. The standard InChI is InChI=1S/C7H12F4O3/c1-2-12-7(13-3-5(8)9)14-4-6(10)11/h5-7H,2-4H2,1H3. The van der Waals surface area contributed by atoms with Crippen molar-refractivity contribution in [3.8, 4) is 0 Å². The topological polar surface area (TPSA) is 27.7 Å². The molecule has 0 bridgehead atoms. The maximum Gasteiger partial charge on any atom is 0.272 e. The molecule has 0 aromatic rings. The Kier molecular flexibility index (Phi) is 7.73. The monoisotopic (exact) mass is 220 g/mol. The van der Waals surface area contributed by atoms with E-state index in [1.165, 1.54) is 0 Å². The van der Waals surface area contributed by atoms with Crippen LogP contribution in [0.15, 0.2) is 0 Å². The number of alkyl halides is 4. The minimum absolute atomic E-state index is 0.122. The Morgan fingerprint density at radius 2 is 1.29 bits per heavy atom. The van der Waals surface area contributed by atoms with Crippen LogP contribution in [0.2, 0.25) is 0 Å². The highest BCUT2D eigenvalue weighted by Gasteiger charge is 2.15. The Morgan fingerprint density at radius 3 is 1.57 bits per heavy atom. The lowest BCUT2D eigenvalue weighted by molar-refractivity contribution is -0.301. The molecule has 86 valence electrons. The largest absolute Gasteiger partial charge is 0.330 e. The van der Waals surface area contributed by atoms with Crippen LogP contribution < -0.4 is 0 Å². The third-order valence-electron chi connectivity index (χ3n) is 1.02. The van der Waals surface area contributed by atoms with E-state index in [4.69, 9.17) is 0 Å². The summed E-state index contributed by atoms with van der Waals surface area (Å²) >= 11 is 0. The molecule has 0 aliphatic heterocycles. The van der Waals surface area contributed by atoms with Crippen LogP contribution >= 0.6 is 0 Å². The molecule has 0 N–H and O–H groups in total. The van der Waals surface area contributed by atoms with E-state index in [2.05, 4.69) is 14.2 Å². The van der Waals surface area contributed by atoms with Crippen molar-refractivity contribution in [3.05, 3.63) is 0 Å². The maximum atomic E-state index is 11.7. The fourth-order valence-electron chi connectivity index (χ4n) is 0.583. The van der Waals surface area contributed by atoms with E-state index in [1.54, 1.807) is 6.92 Å². The fraction of sp³-hybridized carbons (Fsp3) is 1.00. The van der Waals surface area contributed by atoms with Crippen LogP contribution in [0.4, 0.5) is 17.6 Å². The molecule has 3 nitrogen and oxygen atoms in total. The Hall–Kier alpha value is -0.400. The first kappa shape index (κ1) is 13.6. The lowest BCUT2D eigenvalue weighted by Crippen LogP contribution is -2.26. The van der Waals surface area contributed by atoms with E-state index < -0.39 is 32.5 Å². The average molecular weight is 220 g/mol. The quantitative estimate of drug-likeness (QED) is 0.461. The van der Waals surface area contributed by atoms with Crippen molar-refractivity contribution in [2.24, 2.45) is 0 Å². The fourth-order valence-corrected chi connectivity index (χ4v) is 0.583. The molecule has 0 spiro atoms. The molecule has 0 aliphatic carbocycles. The molecule has 0 unspecified atom stereocenters. The summed E-state index contributed by atoms with van der Waals surface area (Å²) in [5.41, 5.74) is 0. The Morgan fingerprint density at radius 1 is 0.857 bits per heavy atom. The first-order valence-electron chi connectivity index (χ1n) is 3.97. The summed E-state index contributed by atoms with van der Waals surface area (Å²) in [4.78, 5) is 0. The van der Waals surface area contributed by atoms with Crippen molar-refractivity contribution in [2.75, 3.05) is 19.8 Å². The molecule has 0 radical (unpaired) electrons. The lowest BCUT2D eigenvalue weighted by Gasteiger charge is -2.17. The summed E-state index contributed by atoms with van der Waals surface area (Å²) in [7, 11) is 0. The smallest absolute Gasteiger partial charge is 0.272 e. The van der Waals surface area contributed by atoms with Gasteiger partial charge >= 0.3 is 0 Å². The molecule has 0 amide bonds. The molecule has 0 saturated heterocycles. The normalized spacial score (nSPS) is 12.0. The van der Waals surface area contributed by atoms with Crippen molar-refractivity contribution in [1.82, 2.24) is 0 Å². The number of hydrogen-bond acceptors (Lipinski definition) is 3. The van der Waals surface area contributed by atoms with E-state index in [-0.39, 0.29) is 6.61 Å². The molecule has 0 rings (SSSR count). The maximum absolute atomic E-state index is 11.7. The van der Waals surface area contributed by atoms with Gasteiger partial charge in [-0.3, -0.25) is 0 Å². The number of ether oxygens (including phenoxy) is 3. The zero-order chi connectivity index (χ0) is 11.0. The van der Waals surface area contributed by atoms with Gasteiger partial charge < -0.3 is 14.2 Å². The van der Waals surface area contributed by atoms with Gasteiger partial charge in [0.15, 0.2) is 0 Å². The van der Waals surface area contributed by atoms with Gasteiger partial charge in [-0.15, -0.1) is 0 Å². The van der Waals surface area contributed by atoms with Crippen LogP contribution in [0.1, 0.15) is 6.92 Å². The molecule has 7 heteroatoms. The van der Waals surface area contributed by atoms with Gasteiger partial charge in [-0.1, -0.05) is 0 Å². The van der Waals surface area contributed by atoms with Crippen LogP contribution in [0.25, 0.3) is 0 Å². The summed E-state index contributed by atoms with van der Waals surface area (Å²) in [5.74, 6) is 0. The van der Waals surface area contributed by atoms with Gasteiger partial charge in [0, 0.05) is 6.61 Å². The van der Waals surface area contributed by atoms with Crippen LogP contribution in [0.3, 0.4) is 0 Å². The van der Waals surface area contributed by atoms with Crippen molar-refractivity contribution in [3.63, 3.8) is 0 Å². The van der Waals surface area contributed by atoms with Crippen molar-refractivity contribution < 1.29 is 31.8 Å². The summed E-state index contributed by atoms with van der Waals surface area (Å²) in [6, 6.07) is 0. The minimum Gasteiger partial charge on any atom is -0.330 e. The summed E-state index contributed by atoms with van der Waals surface area (Å²) in [6.07, 6.45) is -5.37. The number of halogens is 4. The highest BCUT2D eigenvalue weighted by Crippen LogP contribution is 2.04. The Balaban J connectivity index is 3.65. The summed E-state index contributed by atoms with van der Waals surface area (Å²) in [6.45, 7) is -1.59. The SMILES string of the molecule is CCOC(OCC(F)F)OCC(F)F. The third-order valence-corrected chi connectivity index (χ3v) is 1.02. The highest BCUT2D eigenvalue weighted by molar-refractivity contribution is 4.37. The van der Waals surface area contributed by atoms with Gasteiger partial charge in [0.25, 0.3) is 19.3 Å². The van der Waals surface area contributed by atoms with Crippen molar-refractivity contribution in [2.45, 2.75) is 26.3 Å². The molecule has 14 heavy (non-hydrogen) atoms. The molecule has 0 fully saturated rings. The molecular weight excluding hydrogens is 208 g/mol. The van der Waals surface area contributed by atoms with Crippen molar-refractivity contribution >= 4 is 0 Å². The predicted octanol–water partition coefficient (Wildman–Crippen LogP) is 1.87. The van der Waals surface area contributed by atoms with Gasteiger partial charge in [0.1, 0.15) is 13.2 Å². The zero-order valence-electron chi connectivity index (χ0n) is 7.59. The second kappa shape index (κ2) is 7.95. The molecule has 0 heterocycles. The Labute approximate surface area is 78.9 Å². The molecule has 0 aromatic carbocycles. The molecule has 0 atom stereocenters. The second-order valence-corrected chi connectivity index (χ2v) is 2.19. The summed E-state index contributed by atoms with van der Waals surface area (Å²) in [5, 5.41) is 0. The minimum atomic E-state index is -2.69. The van der Waals surface area contributed by atoms with E-state index in [0.717, 1.165) is 0 Å². The van der Waals surface area contributed by atoms with Gasteiger partial charge in [-0.2, -0.15) is 0 Å². The second-order valence-electron chi connectivity index (χ2n) is 2.19. The van der Waals surface area contributed by atoms with Gasteiger partial charge in [-0.05, 0) is 6.92 Å². The van der Waals surface area contributed by atoms with E-state index in [0.29, 0.717) is 0 Å². The van der Waals surface area contributed by atoms with Crippen molar-refractivity contribution in [1.29, 1.82) is 0 Å². The molecular formula is C7H12F4O3. The van der Waals surface area contributed by atoms with E-state index in [9.17, 15) is 17.6 Å². The van der Waals surface area contributed by atoms with E-state index in [1.807, 2.05) is 0 Å². The van der Waals surface area contributed by atoms with Gasteiger partial charge in [0.05, 0.1) is 0 Å². The van der Waals surface area contributed by atoms with Crippen LogP contribution in [-0.4, -0.2) is 39.1 Å². The first-order chi connectivity index (χ1) is 6.56. The zero-order valence-corrected chi connectivity index (χ0v) is 7.59. The third kappa shape index (κ3) is 8.21. The van der Waals surface area contributed by atoms with Crippen LogP contribution in [-0.2, 0) is 14.2 Å². The summed E-state index contributed by atoms with van der Waals surface area (Å²) < 4.78 is 60.0. The lowest BCUT2D eigenvalue weighted by atomic mass is 10.7. The average Bonchev–Trinajstić information content (AvgIpc) is 2.09. The first-order valence-corrected chi connectivity index (χ1v) is 3.97. The van der Waals surface area contributed by atoms with Crippen LogP contribution in [0.5, 0.6) is 0 Å². The van der Waals surface area contributed by atoms with Gasteiger partial charge in [-0.25, -0.2) is 17.6 Å². The molecule has 0 aromatic heterocycles. The van der Waals surface area contributed by atoms with Crippen LogP contribution in [0, 0.1) is 0 Å². The molecule has 0 saturated carbocycles. The van der Waals surface area contributed by atoms with E-state index >= 15 is 0 Å².